The van der Waals surface area contributed by atoms with Crippen LogP contribution in [0.5, 0.6) is 5.75 Å². The number of carbonyl (C=O) groups excluding carboxylic acids is 1. The highest BCUT2D eigenvalue weighted by molar-refractivity contribution is 6.07. The second-order valence-electron chi connectivity index (χ2n) is 4.59. The van der Waals surface area contributed by atoms with E-state index < -0.39 is 24.0 Å². The predicted molar refractivity (Wildman–Crippen MR) is 65.6 cm³/mol. The first-order valence-electron chi connectivity index (χ1n) is 5.44. The van der Waals surface area contributed by atoms with E-state index in [1.807, 2.05) is 0 Å². The van der Waals surface area contributed by atoms with Crippen molar-refractivity contribution in [2.45, 2.75) is 19.4 Å². The van der Waals surface area contributed by atoms with E-state index >= 15 is 0 Å². The van der Waals surface area contributed by atoms with Crippen LogP contribution in [0.3, 0.4) is 0 Å². The van der Waals surface area contributed by atoms with Crippen molar-refractivity contribution in [1.82, 2.24) is 0 Å². The first kappa shape index (κ1) is 12.2. The van der Waals surface area contributed by atoms with Crippen molar-refractivity contribution >= 4 is 23.3 Å². The highest BCUT2D eigenvalue weighted by Crippen LogP contribution is 2.41. The van der Waals surface area contributed by atoms with E-state index in [4.69, 9.17) is 15.6 Å². The third-order valence-corrected chi connectivity index (χ3v) is 2.72. The summed E-state index contributed by atoms with van der Waals surface area (Å²) < 4.78 is 5.56. The average Bonchev–Trinajstić information content (AvgIpc) is 2.23. The van der Waals surface area contributed by atoms with Crippen LogP contribution in [0.15, 0.2) is 18.2 Å². The maximum Gasteiger partial charge on any atom is 0.323 e. The molecule has 18 heavy (non-hydrogen) atoms. The lowest BCUT2D eigenvalue weighted by Crippen LogP contribution is -2.54. The maximum absolute atomic E-state index is 12.2. The molecule has 1 aliphatic heterocycles. The van der Waals surface area contributed by atoms with Crippen LogP contribution in [0.4, 0.5) is 11.4 Å². The van der Waals surface area contributed by atoms with Crippen LogP contribution < -0.4 is 15.4 Å². The predicted octanol–water partition coefficient (Wildman–Crippen LogP) is 0.857. The maximum atomic E-state index is 12.2. The summed E-state index contributed by atoms with van der Waals surface area (Å²) in [4.78, 5) is 24.2. The number of carboxylic acid groups (broad SMARTS) is 1. The Labute approximate surface area is 104 Å². The number of para-hydroxylation sites is 1. The molecular weight excluding hydrogens is 236 g/mol. The fourth-order valence-corrected chi connectivity index (χ4v) is 1.94. The number of anilines is 2. The molecule has 0 fully saturated rings. The van der Waals surface area contributed by atoms with E-state index in [0.717, 1.165) is 4.90 Å². The number of nitrogen functional groups attached to an aromatic ring is 1. The highest BCUT2D eigenvalue weighted by Gasteiger charge is 2.42. The molecule has 0 atom stereocenters. The van der Waals surface area contributed by atoms with E-state index in [-0.39, 0.29) is 0 Å². The standard InChI is InChI=1S/C12H14N2O4/c1-12(2)11(17)14(6-9(15)16)10-7(13)4-3-5-8(10)18-12/h3-5H,6,13H2,1-2H3,(H,15,16). The summed E-state index contributed by atoms with van der Waals surface area (Å²) >= 11 is 0. The van der Waals surface area contributed by atoms with Crippen molar-refractivity contribution in [3.8, 4) is 5.75 Å². The first-order chi connectivity index (χ1) is 8.33. The van der Waals surface area contributed by atoms with Gasteiger partial charge in [-0.15, -0.1) is 0 Å². The van der Waals surface area contributed by atoms with Gasteiger partial charge in [-0.05, 0) is 26.0 Å². The molecule has 1 aromatic carbocycles. The van der Waals surface area contributed by atoms with Gasteiger partial charge in [0.25, 0.3) is 5.91 Å². The molecule has 0 aromatic heterocycles. The van der Waals surface area contributed by atoms with Gasteiger partial charge in [-0.2, -0.15) is 0 Å². The molecule has 6 nitrogen and oxygen atoms in total. The molecule has 0 bridgehead atoms. The summed E-state index contributed by atoms with van der Waals surface area (Å²) in [6.45, 7) is 2.75. The van der Waals surface area contributed by atoms with Crippen molar-refractivity contribution in [3.63, 3.8) is 0 Å². The molecular formula is C12H14N2O4. The minimum Gasteiger partial charge on any atom is -0.480 e. The number of hydrogen-bond donors (Lipinski definition) is 2. The third kappa shape index (κ3) is 1.85. The SMILES string of the molecule is CC1(C)Oc2cccc(N)c2N(CC(=O)O)C1=O. The molecule has 0 radical (unpaired) electrons. The number of benzene rings is 1. The number of hydrogen-bond acceptors (Lipinski definition) is 4. The zero-order valence-electron chi connectivity index (χ0n) is 10.1. The van der Waals surface area contributed by atoms with Gasteiger partial charge in [0, 0.05) is 0 Å². The zero-order valence-corrected chi connectivity index (χ0v) is 10.1. The molecule has 3 N–H and O–H groups in total. The second kappa shape index (κ2) is 3.90. The Morgan fingerprint density at radius 2 is 2.17 bits per heavy atom. The van der Waals surface area contributed by atoms with Crippen LogP contribution in [-0.4, -0.2) is 29.1 Å². The molecule has 0 saturated carbocycles. The third-order valence-electron chi connectivity index (χ3n) is 2.72. The molecule has 0 saturated heterocycles. The van der Waals surface area contributed by atoms with Gasteiger partial charge in [0.15, 0.2) is 5.60 Å². The van der Waals surface area contributed by atoms with Crippen molar-refractivity contribution in [2.24, 2.45) is 0 Å². The highest BCUT2D eigenvalue weighted by atomic mass is 16.5. The normalized spacial score (nSPS) is 17.0. The quantitative estimate of drug-likeness (QED) is 0.759. The molecule has 0 spiro atoms. The van der Waals surface area contributed by atoms with Crippen LogP contribution in [0.2, 0.25) is 0 Å². The van der Waals surface area contributed by atoms with Gasteiger partial charge in [0.1, 0.15) is 18.0 Å². The van der Waals surface area contributed by atoms with Gasteiger partial charge in [0.2, 0.25) is 0 Å². The van der Waals surface area contributed by atoms with Gasteiger partial charge < -0.3 is 15.6 Å². The Hall–Kier alpha value is -2.24. The van der Waals surface area contributed by atoms with Crippen LogP contribution >= 0.6 is 0 Å². The Bertz CT molecular complexity index is 525. The fourth-order valence-electron chi connectivity index (χ4n) is 1.94. The van der Waals surface area contributed by atoms with E-state index in [0.29, 0.717) is 17.1 Å². The molecule has 1 aromatic rings. The van der Waals surface area contributed by atoms with Gasteiger partial charge in [-0.3, -0.25) is 14.5 Å². The molecule has 2 rings (SSSR count). The topological polar surface area (TPSA) is 92.9 Å². The van der Waals surface area contributed by atoms with Crippen molar-refractivity contribution in [2.75, 3.05) is 17.2 Å². The molecule has 6 heteroatoms. The molecule has 1 aliphatic rings. The van der Waals surface area contributed by atoms with E-state index in [9.17, 15) is 9.59 Å². The molecule has 0 unspecified atom stereocenters. The summed E-state index contributed by atoms with van der Waals surface area (Å²) in [5, 5.41) is 8.89. The number of aliphatic carboxylic acids is 1. The Kier molecular flexibility index (Phi) is 2.65. The fraction of sp³-hybridized carbons (Fsp3) is 0.333. The lowest BCUT2D eigenvalue weighted by Gasteiger charge is -2.38. The lowest BCUT2D eigenvalue weighted by molar-refractivity contribution is -0.139. The summed E-state index contributed by atoms with van der Waals surface area (Å²) in [7, 11) is 0. The zero-order chi connectivity index (χ0) is 13.5. The number of rotatable bonds is 2. The van der Waals surface area contributed by atoms with Gasteiger partial charge >= 0.3 is 5.97 Å². The summed E-state index contributed by atoms with van der Waals surface area (Å²) in [5.41, 5.74) is 5.33. The molecule has 1 heterocycles. The van der Waals surface area contributed by atoms with Crippen molar-refractivity contribution in [3.05, 3.63) is 18.2 Å². The average molecular weight is 250 g/mol. The summed E-state index contributed by atoms with van der Waals surface area (Å²) in [6, 6.07) is 4.95. The van der Waals surface area contributed by atoms with Gasteiger partial charge in [0.05, 0.1) is 5.69 Å². The smallest absolute Gasteiger partial charge is 0.323 e. The second-order valence-corrected chi connectivity index (χ2v) is 4.59. The first-order valence-corrected chi connectivity index (χ1v) is 5.44. The monoisotopic (exact) mass is 250 g/mol. The molecule has 96 valence electrons. The lowest BCUT2D eigenvalue weighted by atomic mass is 10.0. The number of fused-ring (bicyclic) bond motifs is 1. The minimum absolute atomic E-state index is 0.317. The van der Waals surface area contributed by atoms with E-state index in [1.54, 1.807) is 32.0 Å². The van der Waals surface area contributed by atoms with Crippen LogP contribution in [0.1, 0.15) is 13.8 Å². The number of nitrogens with two attached hydrogens (primary N) is 1. The van der Waals surface area contributed by atoms with Crippen LogP contribution in [0.25, 0.3) is 0 Å². The Balaban J connectivity index is 2.57. The molecule has 0 aliphatic carbocycles. The van der Waals surface area contributed by atoms with Gasteiger partial charge in [-0.1, -0.05) is 6.07 Å². The largest absolute Gasteiger partial charge is 0.480 e. The summed E-state index contributed by atoms with van der Waals surface area (Å²) in [6.07, 6.45) is 0. The Morgan fingerprint density at radius 1 is 1.50 bits per heavy atom. The number of carbonyl (C=O) groups is 2. The molecule has 1 amide bonds. The van der Waals surface area contributed by atoms with E-state index in [1.165, 1.54) is 0 Å². The van der Waals surface area contributed by atoms with Crippen LogP contribution in [-0.2, 0) is 9.59 Å². The minimum atomic E-state index is -1.10. The number of nitrogens with zero attached hydrogens (tertiary/aromatic N) is 1. The van der Waals surface area contributed by atoms with Gasteiger partial charge in [-0.25, -0.2) is 0 Å². The van der Waals surface area contributed by atoms with Crippen molar-refractivity contribution < 1.29 is 19.4 Å². The summed E-state index contributed by atoms with van der Waals surface area (Å²) in [5.74, 6) is -1.11. The van der Waals surface area contributed by atoms with Crippen molar-refractivity contribution in [1.29, 1.82) is 0 Å². The number of amides is 1. The number of ether oxygens (including phenoxy) is 1. The van der Waals surface area contributed by atoms with Crippen LogP contribution in [0, 0.1) is 0 Å². The number of carboxylic acids is 1. The Morgan fingerprint density at radius 3 is 2.78 bits per heavy atom. The van der Waals surface area contributed by atoms with E-state index in [2.05, 4.69) is 0 Å².